The summed E-state index contributed by atoms with van der Waals surface area (Å²) in [6.45, 7) is 0.538. The Bertz CT molecular complexity index is 1300. The third-order valence-electron chi connectivity index (χ3n) is 7.44. The molecule has 11 heteroatoms. The fourth-order valence-corrected chi connectivity index (χ4v) is 5.12. The molecular formula is C28H30F4N2O5. The quantitative estimate of drug-likeness (QED) is 0.318. The summed E-state index contributed by atoms with van der Waals surface area (Å²) in [6, 6.07) is 6.12. The number of aliphatic carboxylic acids is 1. The highest BCUT2D eigenvalue weighted by Gasteiger charge is 2.42. The number of aliphatic hydroxyl groups is 1. The number of pyridine rings is 1. The number of likely N-dealkylation sites (tertiary alicyclic amines) is 1. The van der Waals surface area contributed by atoms with E-state index in [0.29, 0.717) is 47.4 Å². The van der Waals surface area contributed by atoms with Crippen LogP contribution in [0.15, 0.2) is 36.5 Å². The minimum atomic E-state index is -1.53. The van der Waals surface area contributed by atoms with E-state index < -0.39 is 47.4 Å². The lowest BCUT2D eigenvalue weighted by atomic mass is 9.74. The molecule has 0 aliphatic carbocycles. The van der Waals surface area contributed by atoms with Crippen LogP contribution in [0.5, 0.6) is 11.5 Å². The molecule has 7 nitrogen and oxygen atoms in total. The lowest BCUT2D eigenvalue weighted by Gasteiger charge is -2.39. The Morgan fingerprint density at radius 2 is 1.85 bits per heavy atom. The van der Waals surface area contributed by atoms with E-state index in [1.165, 1.54) is 13.3 Å². The first-order valence-corrected chi connectivity index (χ1v) is 12.6. The molecule has 39 heavy (non-hydrogen) atoms. The highest BCUT2D eigenvalue weighted by Crippen LogP contribution is 2.41. The van der Waals surface area contributed by atoms with Gasteiger partial charge in [-0.2, -0.15) is 0 Å². The molecule has 3 aromatic rings. The first-order valence-electron chi connectivity index (χ1n) is 12.6. The molecule has 0 saturated carbocycles. The predicted octanol–water partition coefficient (Wildman–Crippen LogP) is 5.19. The zero-order chi connectivity index (χ0) is 28.2. The van der Waals surface area contributed by atoms with Gasteiger partial charge in [0.15, 0.2) is 17.4 Å². The van der Waals surface area contributed by atoms with Crippen molar-refractivity contribution in [2.75, 3.05) is 33.4 Å². The number of rotatable bonds is 11. The van der Waals surface area contributed by atoms with Crippen LogP contribution in [-0.2, 0) is 11.4 Å². The molecule has 1 aromatic heterocycles. The number of carboxylic acids is 1. The molecule has 1 aliphatic heterocycles. The van der Waals surface area contributed by atoms with Crippen LogP contribution in [0.1, 0.15) is 43.0 Å². The maximum atomic E-state index is 15.7. The second-order valence-electron chi connectivity index (χ2n) is 9.72. The summed E-state index contributed by atoms with van der Waals surface area (Å²) in [7, 11) is 1.49. The van der Waals surface area contributed by atoms with Gasteiger partial charge in [0.1, 0.15) is 24.3 Å². The minimum Gasteiger partial charge on any atom is -0.497 e. The van der Waals surface area contributed by atoms with E-state index in [1.54, 1.807) is 18.2 Å². The first kappa shape index (κ1) is 28.6. The molecule has 0 spiro atoms. The van der Waals surface area contributed by atoms with E-state index in [9.17, 15) is 28.2 Å². The summed E-state index contributed by atoms with van der Waals surface area (Å²) < 4.78 is 66.8. The van der Waals surface area contributed by atoms with Gasteiger partial charge < -0.3 is 19.7 Å². The number of benzene rings is 2. The van der Waals surface area contributed by atoms with Gasteiger partial charge in [-0.15, -0.1) is 0 Å². The molecular weight excluding hydrogens is 520 g/mol. The van der Waals surface area contributed by atoms with Crippen molar-refractivity contribution in [2.45, 2.75) is 38.5 Å². The Balaban J connectivity index is 1.39. The molecule has 210 valence electrons. The maximum Gasteiger partial charge on any atom is 0.309 e. The molecule has 1 fully saturated rings. The zero-order valence-corrected chi connectivity index (χ0v) is 21.4. The number of fused-ring (bicyclic) bond motifs is 1. The van der Waals surface area contributed by atoms with E-state index in [1.807, 2.05) is 4.90 Å². The number of carbonyl (C=O) groups is 1. The number of aromatic nitrogens is 1. The number of carboxylic acid groups (broad SMARTS) is 1. The second kappa shape index (κ2) is 12.2. The zero-order valence-electron chi connectivity index (χ0n) is 21.4. The molecule has 2 N–H and O–H groups in total. The fourth-order valence-electron chi connectivity index (χ4n) is 5.12. The van der Waals surface area contributed by atoms with Crippen molar-refractivity contribution < 1.29 is 42.0 Å². The number of methoxy groups -OCH3 is 1. The van der Waals surface area contributed by atoms with Crippen molar-refractivity contribution >= 4 is 16.9 Å². The van der Waals surface area contributed by atoms with E-state index in [-0.39, 0.29) is 44.4 Å². The molecule has 1 atom stereocenters. The third-order valence-corrected chi connectivity index (χ3v) is 7.44. The number of ether oxygens (including phenoxy) is 2. The molecule has 0 radical (unpaired) electrons. The standard InChI is InChI=1S/C28H30F4N2O5/c1-38-19-2-3-24-20(14-19)25(17(16-35)15-33-24)21(30)4-5-28(27(36)37)6-8-34(9-7-28)10-11-39-26-22(31)12-18(29)13-23(26)32/h2-3,12-15,21,35H,4-11,16H2,1H3,(H,36,37)/t21-/m1/s1. The summed E-state index contributed by atoms with van der Waals surface area (Å²) in [5.74, 6) is -4.48. The first-order chi connectivity index (χ1) is 18.7. The van der Waals surface area contributed by atoms with E-state index in [0.717, 1.165) is 0 Å². The maximum absolute atomic E-state index is 15.7. The van der Waals surface area contributed by atoms with Gasteiger partial charge in [0.25, 0.3) is 0 Å². The Hall–Kier alpha value is -3.44. The van der Waals surface area contributed by atoms with Gasteiger partial charge in [0, 0.05) is 41.4 Å². The van der Waals surface area contributed by atoms with Crippen LogP contribution >= 0.6 is 0 Å². The van der Waals surface area contributed by atoms with Crippen LogP contribution in [0.3, 0.4) is 0 Å². The normalized spacial score (nSPS) is 16.3. The summed E-state index contributed by atoms with van der Waals surface area (Å²) >= 11 is 0. The number of halogens is 4. The molecule has 2 aromatic carbocycles. The van der Waals surface area contributed by atoms with Crippen molar-refractivity contribution in [2.24, 2.45) is 5.41 Å². The number of alkyl halides is 1. The molecule has 1 saturated heterocycles. The van der Waals surface area contributed by atoms with E-state index in [4.69, 9.17) is 9.47 Å². The van der Waals surface area contributed by atoms with E-state index >= 15 is 4.39 Å². The van der Waals surface area contributed by atoms with Crippen LogP contribution in [0.4, 0.5) is 17.6 Å². The van der Waals surface area contributed by atoms with Crippen molar-refractivity contribution in [3.63, 3.8) is 0 Å². The van der Waals surface area contributed by atoms with E-state index in [2.05, 4.69) is 4.98 Å². The second-order valence-corrected chi connectivity index (χ2v) is 9.72. The lowest BCUT2D eigenvalue weighted by Crippen LogP contribution is -2.45. The highest BCUT2D eigenvalue weighted by molar-refractivity contribution is 5.85. The fraction of sp³-hybridized carbons (Fsp3) is 0.429. The van der Waals surface area contributed by atoms with Crippen LogP contribution in [0.25, 0.3) is 10.9 Å². The van der Waals surface area contributed by atoms with Crippen LogP contribution in [-0.4, -0.2) is 59.4 Å². The van der Waals surface area contributed by atoms with Crippen LogP contribution in [0, 0.1) is 22.9 Å². The van der Waals surface area contributed by atoms with Crippen molar-refractivity contribution in [1.82, 2.24) is 9.88 Å². The Morgan fingerprint density at radius 3 is 2.46 bits per heavy atom. The van der Waals surface area contributed by atoms with Gasteiger partial charge in [-0.25, -0.2) is 17.6 Å². The minimum absolute atomic E-state index is 0.0676. The number of piperidine rings is 1. The third kappa shape index (κ3) is 6.25. The summed E-state index contributed by atoms with van der Waals surface area (Å²) in [4.78, 5) is 18.5. The number of hydrogen-bond acceptors (Lipinski definition) is 6. The topological polar surface area (TPSA) is 92.1 Å². The highest BCUT2D eigenvalue weighted by atomic mass is 19.1. The van der Waals surface area contributed by atoms with Crippen LogP contribution in [0.2, 0.25) is 0 Å². The molecule has 0 bridgehead atoms. The van der Waals surface area contributed by atoms with Gasteiger partial charge >= 0.3 is 5.97 Å². The summed E-state index contributed by atoms with van der Waals surface area (Å²) in [6.07, 6.45) is 0.417. The molecule has 4 rings (SSSR count). The Kier molecular flexibility index (Phi) is 8.91. The monoisotopic (exact) mass is 550 g/mol. The van der Waals surface area contributed by atoms with Crippen molar-refractivity contribution in [3.05, 3.63) is 65.1 Å². The van der Waals surface area contributed by atoms with Gasteiger partial charge in [0.05, 0.1) is 24.6 Å². The Morgan fingerprint density at radius 1 is 1.15 bits per heavy atom. The van der Waals surface area contributed by atoms with Gasteiger partial charge in [-0.05, 0) is 57.0 Å². The Labute approximate surface area is 223 Å². The molecule has 2 heterocycles. The van der Waals surface area contributed by atoms with Crippen molar-refractivity contribution in [1.29, 1.82) is 0 Å². The van der Waals surface area contributed by atoms with Gasteiger partial charge in [-0.1, -0.05) is 0 Å². The SMILES string of the molecule is COc1ccc2ncc(CO)c([C@H](F)CCC3(C(=O)O)CCN(CCOc4c(F)cc(F)cc4F)CC3)c2c1. The van der Waals surface area contributed by atoms with Crippen LogP contribution < -0.4 is 9.47 Å². The lowest BCUT2D eigenvalue weighted by molar-refractivity contribution is -0.153. The number of aliphatic hydroxyl groups excluding tert-OH is 1. The largest absolute Gasteiger partial charge is 0.497 e. The molecule has 0 unspecified atom stereocenters. The molecule has 0 amide bonds. The van der Waals surface area contributed by atoms with Gasteiger partial charge in [0.2, 0.25) is 0 Å². The van der Waals surface area contributed by atoms with Crippen molar-refractivity contribution in [3.8, 4) is 11.5 Å². The van der Waals surface area contributed by atoms with Gasteiger partial charge in [-0.3, -0.25) is 14.7 Å². The number of nitrogens with zero attached hydrogens (tertiary/aromatic N) is 2. The summed E-state index contributed by atoms with van der Waals surface area (Å²) in [5, 5.41) is 20.4. The average molecular weight is 551 g/mol. The predicted molar refractivity (Wildman–Crippen MR) is 135 cm³/mol. The average Bonchev–Trinajstić information content (AvgIpc) is 2.92. The smallest absolute Gasteiger partial charge is 0.309 e. The summed E-state index contributed by atoms with van der Waals surface area (Å²) in [5.41, 5.74) is -0.000627. The number of hydrogen-bond donors (Lipinski definition) is 2. The molecule has 1 aliphatic rings.